The minimum atomic E-state index is -0.192. The highest BCUT2D eigenvalue weighted by Gasteiger charge is 2.26. The average Bonchev–Trinajstić information content (AvgIpc) is 2.39. The van der Waals surface area contributed by atoms with Gasteiger partial charge >= 0.3 is 0 Å². The summed E-state index contributed by atoms with van der Waals surface area (Å²) in [5, 5.41) is 10.0. The van der Waals surface area contributed by atoms with Crippen molar-refractivity contribution in [3.05, 3.63) is 29.8 Å². The van der Waals surface area contributed by atoms with E-state index in [1.165, 1.54) is 6.42 Å². The number of aliphatic hydroxyl groups excluding tert-OH is 1. The molecular formula is C14H22N2O. The van der Waals surface area contributed by atoms with E-state index in [4.69, 9.17) is 5.73 Å². The lowest BCUT2D eigenvalue weighted by atomic mass is 9.91. The molecular weight excluding hydrogens is 212 g/mol. The summed E-state index contributed by atoms with van der Waals surface area (Å²) in [7, 11) is 2.07. The quantitative estimate of drug-likeness (QED) is 0.839. The Balaban J connectivity index is 2.09. The smallest absolute Gasteiger partial charge is 0.0743 e. The van der Waals surface area contributed by atoms with Crippen molar-refractivity contribution in [1.82, 2.24) is 0 Å². The van der Waals surface area contributed by atoms with Gasteiger partial charge in [-0.05, 0) is 30.5 Å². The summed E-state index contributed by atoms with van der Waals surface area (Å²) in [6.07, 6.45) is 4.18. The van der Waals surface area contributed by atoms with Crippen molar-refractivity contribution in [1.29, 1.82) is 0 Å². The average molecular weight is 234 g/mol. The van der Waals surface area contributed by atoms with E-state index < -0.39 is 0 Å². The number of hydrogen-bond donors (Lipinski definition) is 2. The first-order valence-electron chi connectivity index (χ1n) is 6.42. The fourth-order valence-electron chi connectivity index (χ4n) is 2.60. The van der Waals surface area contributed by atoms with Crippen LogP contribution in [0.2, 0.25) is 0 Å². The molecule has 0 aromatic heterocycles. The van der Waals surface area contributed by atoms with E-state index >= 15 is 0 Å². The topological polar surface area (TPSA) is 49.5 Å². The molecule has 2 rings (SSSR count). The number of aliphatic hydroxyl groups is 1. The normalized spacial score (nSPS) is 24.6. The van der Waals surface area contributed by atoms with E-state index in [1.807, 2.05) is 0 Å². The van der Waals surface area contributed by atoms with E-state index in [0.29, 0.717) is 6.54 Å². The van der Waals surface area contributed by atoms with Crippen molar-refractivity contribution in [2.24, 2.45) is 5.73 Å². The van der Waals surface area contributed by atoms with Crippen LogP contribution in [0.1, 0.15) is 31.2 Å². The third kappa shape index (κ3) is 2.79. The third-order valence-electron chi connectivity index (χ3n) is 3.77. The summed E-state index contributed by atoms with van der Waals surface area (Å²) in [4.78, 5) is 2.20. The van der Waals surface area contributed by atoms with E-state index in [9.17, 15) is 5.11 Å². The first kappa shape index (κ1) is 12.4. The molecule has 0 saturated heterocycles. The maximum Gasteiger partial charge on any atom is 0.0743 e. The molecule has 0 spiro atoms. The van der Waals surface area contributed by atoms with Crippen LogP contribution in [-0.2, 0) is 6.54 Å². The highest BCUT2D eigenvalue weighted by atomic mass is 16.3. The third-order valence-corrected chi connectivity index (χ3v) is 3.77. The number of nitrogens with zero attached hydrogens (tertiary/aromatic N) is 1. The molecule has 0 aliphatic heterocycles. The van der Waals surface area contributed by atoms with Crippen molar-refractivity contribution < 1.29 is 5.11 Å². The van der Waals surface area contributed by atoms with Gasteiger partial charge in [0, 0.05) is 19.3 Å². The SMILES string of the molecule is CN(c1ccc(CN)cc1)C1CCCCC1O. The summed E-state index contributed by atoms with van der Waals surface area (Å²) >= 11 is 0. The summed E-state index contributed by atoms with van der Waals surface area (Å²) in [5.41, 5.74) is 7.89. The zero-order valence-electron chi connectivity index (χ0n) is 10.5. The Morgan fingerprint density at radius 3 is 2.47 bits per heavy atom. The molecule has 1 saturated carbocycles. The molecule has 3 nitrogen and oxygen atoms in total. The standard InChI is InChI=1S/C14H22N2O/c1-16(13-4-2-3-5-14(13)17)12-8-6-11(10-15)7-9-12/h6-9,13-14,17H,2-5,10,15H2,1H3. The number of likely N-dealkylation sites (N-methyl/N-ethyl adjacent to an activating group) is 1. The molecule has 1 aromatic rings. The predicted molar refractivity (Wildman–Crippen MR) is 71.0 cm³/mol. The first-order chi connectivity index (χ1) is 8.22. The molecule has 0 bridgehead atoms. The van der Waals surface area contributed by atoms with Crippen molar-refractivity contribution in [3.63, 3.8) is 0 Å². The van der Waals surface area contributed by atoms with Crippen LogP contribution >= 0.6 is 0 Å². The van der Waals surface area contributed by atoms with Crippen molar-refractivity contribution >= 4 is 5.69 Å². The fraction of sp³-hybridized carbons (Fsp3) is 0.571. The van der Waals surface area contributed by atoms with Gasteiger partial charge in [-0.1, -0.05) is 25.0 Å². The van der Waals surface area contributed by atoms with Crippen LogP contribution in [-0.4, -0.2) is 24.3 Å². The van der Waals surface area contributed by atoms with Gasteiger partial charge in [0.1, 0.15) is 0 Å². The second kappa shape index (κ2) is 5.52. The van der Waals surface area contributed by atoms with Crippen molar-refractivity contribution in [2.45, 2.75) is 44.4 Å². The maximum absolute atomic E-state index is 10.0. The van der Waals surface area contributed by atoms with Crippen LogP contribution in [0.15, 0.2) is 24.3 Å². The molecule has 1 aliphatic carbocycles. The van der Waals surface area contributed by atoms with Gasteiger partial charge in [-0.3, -0.25) is 0 Å². The van der Waals surface area contributed by atoms with Gasteiger partial charge < -0.3 is 15.7 Å². The van der Waals surface area contributed by atoms with E-state index in [0.717, 1.165) is 30.5 Å². The van der Waals surface area contributed by atoms with E-state index in [-0.39, 0.29) is 12.1 Å². The molecule has 17 heavy (non-hydrogen) atoms. The Bertz CT molecular complexity index is 350. The maximum atomic E-state index is 10.0. The van der Waals surface area contributed by atoms with Crippen LogP contribution in [0.25, 0.3) is 0 Å². The number of anilines is 1. The molecule has 1 fully saturated rings. The number of hydrogen-bond acceptors (Lipinski definition) is 3. The lowest BCUT2D eigenvalue weighted by Crippen LogP contribution is -2.43. The van der Waals surface area contributed by atoms with Gasteiger partial charge in [-0.2, -0.15) is 0 Å². The summed E-state index contributed by atoms with van der Waals surface area (Å²) in [6, 6.07) is 8.54. The molecule has 94 valence electrons. The summed E-state index contributed by atoms with van der Waals surface area (Å²) in [6.45, 7) is 0.579. The lowest BCUT2D eigenvalue weighted by molar-refractivity contribution is 0.106. The van der Waals surface area contributed by atoms with Crippen LogP contribution in [0.5, 0.6) is 0 Å². The van der Waals surface area contributed by atoms with Gasteiger partial charge in [-0.15, -0.1) is 0 Å². The number of nitrogens with two attached hydrogens (primary N) is 1. The van der Waals surface area contributed by atoms with Gasteiger partial charge in [-0.25, -0.2) is 0 Å². The van der Waals surface area contributed by atoms with Crippen LogP contribution in [0.4, 0.5) is 5.69 Å². The summed E-state index contributed by atoms with van der Waals surface area (Å²) in [5.74, 6) is 0. The molecule has 2 unspecified atom stereocenters. The highest BCUT2D eigenvalue weighted by molar-refractivity contribution is 5.48. The first-order valence-corrected chi connectivity index (χ1v) is 6.42. The molecule has 0 heterocycles. The lowest BCUT2D eigenvalue weighted by Gasteiger charge is -2.36. The fourth-order valence-corrected chi connectivity index (χ4v) is 2.60. The second-order valence-corrected chi connectivity index (χ2v) is 4.90. The predicted octanol–water partition coefficient (Wildman–Crippen LogP) is 1.89. The summed E-state index contributed by atoms with van der Waals surface area (Å²) < 4.78 is 0. The minimum Gasteiger partial charge on any atom is -0.391 e. The highest BCUT2D eigenvalue weighted by Crippen LogP contribution is 2.26. The van der Waals surface area contributed by atoms with Crippen molar-refractivity contribution in [3.8, 4) is 0 Å². The Labute approximate surface area is 103 Å². The van der Waals surface area contributed by atoms with E-state index in [1.54, 1.807) is 0 Å². The molecule has 2 atom stereocenters. The Morgan fingerprint density at radius 2 is 1.88 bits per heavy atom. The number of benzene rings is 1. The molecule has 1 aliphatic rings. The molecule has 3 N–H and O–H groups in total. The largest absolute Gasteiger partial charge is 0.391 e. The zero-order valence-corrected chi connectivity index (χ0v) is 10.5. The van der Waals surface area contributed by atoms with Gasteiger partial charge in [0.05, 0.1) is 12.1 Å². The Morgan fingerprint density at radius 1 is 1.24 bits per heavy atom. The van der Waals surface area contributed by atoms with Crippen molar-refractivity contribution in [2.75, 3.05) is 11.9 Å². The zero-order chi connectivity index (χ0) is 12.3. The van der Waals surface area contributed by atoms with Crippen LogP contribution < -0.4 is 10.6 Å². The Kier molecular flexibility index (Phi) is 4.02. The number of rotatable bonds is 3. The molecule has 3 heteroatoms. The van der Waals surface area contributed by atoms with Crippen LogP contribution in [0.3, 0.4) is 0 Å². The van der Waals surface area contributed by atoms with E-state index in [2.05, 4.69) is 36.2 Å². The molecule has 0 amide bonds. The van der Waals surface area contributed by atoms with Gasteiger partial charge in [0.15, 0.2) is 0 Å². The minimum absolute atomic E-state index is 0.192. The molecule has 0 radical (unpaired) electrons. The van der Waals surface area contributed by atoms with Gasteiger partial charge in [0.2, 0.25) is 0 Å². The van der Waals surface area contributed by atoms with Crippen LogP contribution in [0, 0.1) is 0 Å². The van der Waals surface area contributed by atoms with Gasteiger partial charge in [0.25, 0.3) is 0 Å². The molecule has 1 aromatic carbocycles. The second-order valence-electron chi connectivity index (χ2n) is 4.90. The monoisotopic (exact) mass is 234 g/mol. The Hall–Kier alpha value is -1.06.